The van der Waals surface area contributed by atoms with E-state index in [4.69, 9.17) is 0 Å². The molecule has 0 bridgehead atoms. The first-order valence-corrected chi connectivity index (χ1v) is 16.7. The molecule has 6 rings (SSSR count). The average Bonchev–Trinajstić information content (AvgIpc) is 3.53. The molecule has 45 heavy (non-hydrogen) atoms. The molecule has 0 heteroatoms. The lowest BCUT2D eigenvalue weighted by Crippen LogP contribution is -2.33. The van der Waals surface area contributed by atoms with Crippen LogP contribution < -0.4 is 10.4 Å². The van der Waals surface area contributed by atoms with Crippen LogP contribution in [0.3, 0.4) is 0 Å². The summed E-state index contributed by atoms with van der Waals surface area (Å²) >= 11 is 0. The first-order chi connectivity index (χ1) is 21.0. The van der Waals surface area contributed by atoms with Gasteiger partial charge in [-0.05, 0) is 107 Å². The Bertz CT molecular complexity index is 1970. The third-order valence-electron chi connectivity index (χ3n) is 9.68. The highest BCUT2D eigenvalue weighted by Crippen LogP contribution is 2.43. The number of hydrogen-bond acceptors (Lipinski definition) is 0. The van der Waals surface area contributed by atoms with E-state index < -0.39 is 0 Å². The Hall–Kier alpha value is -3.90. The van der Waals surface area contributed by atoms with Gasteiger partial charge in [-0.2, -0.15) is 0 Å². The summed E-state index contributed by atoms with van der Waals surface area (Å²) in [6.07, 6.45) is 7.51. The molecule has 0 fully saturated rings. The van der Waals surface area contributed by atoms with Crippen LogP contribution in [0.4, 0.5) is 0 Å². The topological polar surface area (TPSA) is 0 Å². The summed E-state index contributed by atoms with van der Waals surface area (Å²) in [6.45, 7) is 25.7. The maximum absolute atomic E-state index is 2.53. The van der Waals surface area contributed by atoms with E-state index in [1.807, 2.05) is 0 Å². The van der Waals surface area contributed by atoms with Gasteiger partial charge in [-0.3, -0.25) is 0 Å². The van der Waals surface area contributed by atoms with Crippen molar-refractivity contribution in [3.8, 4) is 11.1 Å². The van der Waals surface area contributed by atoms with Crippen LogP contribution in [-0.2, 0) is 10.8 Å². The molecular formula is C45H50. The number of hydrogen-bond donors (Lipinski definition) is 0. The third-order valence-corrected chi connectivity index (χ3v) is 9.68. The molecule has 0 aliphatic heterocycles. The highest BCUT2D eigenvalue weighted by Gasteiger charge is 2.32. The zero-order valence-electron chi connectivity index (χ0n) is 29.3. The molecule has 0 saturated heterocycles. The van der Waals surface area contributed by atoms with Crippen molar-refractivity contribution in [3.05, 3.63) is 146 Å². The number of allylic oxidation sites excluding steroid dienone is 4. The van der Waals surface area contributed by atoms with E-state index in [2.05, 4.69) is 173 Å². The summed E-state index contributed by atoms with van der Waals surface area (Å²) in [5.74, 6) is 0.335. The van der Waals surface area contributed by atoms with Crippen molar-refractivity contribution < 1.29 is 0 Å². The average molecular weight is 591 g/mol. The summed E-state index contributed by atoms with van der Waals surface area (Å²) in [5.41, 5.74) is 16.3. The number of fused-ring (bicyclic) bond motifs is 3. The van der Waals surface area contributed by atoms with Gasteiger partial charge in [0.25, 0.3) is 0 Å². The Morgan fingerprint density at radius 2 is 1.27 bits per heavy atom. The second-order valence-corrected chi connectivity index (χ2v) is 16.4. The summed E-state index contributed by atoms with van der Waals surface area (Å²) in [4.78, 5) is 0. The van der Waals surface area contributed by atoms with Gasteiger partial charge < -0.3 is 0 Å². The van der Waals surface area contributed by atoms with E-state index in [0.29, 0.717) is 5.92 Å². The van der Waals surface area contributed by atoms with E-state index in [-0.39, 0.29) is 16.2 Å². The lowest BCUT2D eigenvalue weighted by Gasteiger charge is -2.28. The van der Waals surface area contributed by atoms with Gasteiger partial charge in [0.15, 0.2) is 0 Å². The zero-order chi connectivity index (χ0) is 32.5. The van der Waals surface area contributed by atoms with Gasteiger partial charge in [-0.1, -0.05) is 160 Å². The highest BCUT2D eigenvalue weighted by molar-refractivity contribution is 5.92. The van der Waals surface area contributed by atoms with E-state index in [9.17, 15) is 0 Å². The molecule has 0 saturated carbocycles. The first kappa shape index (κ1) is 31.1. The Balaban J connectivity index is 1.84. The molecule has 1 atom stereocenters. The molecule has 0 aromatic heterocycles. The van der Waals surface area contributed by atoms with Crippen molar-refractivity contribution in [2.24, 2.45) is 11.3 Å². The fraction of sp³-hybridized carbons (Fsp3) is 0.333. The Morgan fingerprint density at radius 1 is 0.622 bits per heavy atom. The predicted molar refractivity (Wildman–Crippen MR) is 196 cm³/mol. The second-order valence-electron chi connectivity index (χ2n) is 16.4. The molecule has 4 aromatic rings. The van der Waals surface area contributed by atoms with Crippen molar-refractivity contribution in [1.29, 1.82) is 0 Å². The molecule has 0 nitrogen and oxygen atoms in total. The van der Waals surface area contributed by atoms with Crippen LogP contribution in [-0.4, -0.2) is 0 Å². The van der Waals surface area contributed by atoms with Crippen molar-refractivity contribution in [2.45, 2.75) is 87.0 Å². The Kier molecular flexibility index (Phi) is 7.51. The molecule has 230 valence electrons. The van der Waals surface area contributed by atoms with Gasteiger partial charge in [0.05, 0.1) is 0 Å². The van der Waals surface area contributed by atoms with E-state index >= 15 is 0 Å². The maximum atomic E-state index is 2.53. The van der Waals surface area contributed by atoms with Crippen LogP contribution in [0.2, 0.25) is 0 Å². The quantitative estimate of drug-likeness (QED) is 0.196. The van der Waals surface area contributed by atoms with Gasteiger partial charge in [0, 0.05) is 5.92 Å². The molecule has 0 spiro atoms. The summed E-state index contributed by atoms with van der Waals surface area (Å²) in [6, 6.07) is 29.8. The lowest BCUT2D eigenvalue weighted by molar-refractivity contribution is 0.516. The molecule has 0 heterocycles. The van der Waals surface area contributed by atoms with Crippen LogP contribution in [0.25, 0.3) is 28.3 Å². The third kappa shape index (κ3) is 5.69. The largest absolute Gasteiger partial charge is 0.0735 e. The molecule has 2 aliphatic rings. The standard InChI is InChI=1S/C45H50/c1-28-17-19-31(20-18-28)40(30-15-13-12-14-16-30)39-27-37-35-22-21-33(43(3,4)5)24-32(35)25-38(37)41(42(39)45(9,10)11)36-26-34(23-29(36)2)44(6,7)8/h12-27,29H,1-11H3. The van der Waals surface area contributed by atoms with Crippen molar-refractivity contribution in [1.82, 2.24) is 0 Å². The molecule has 4 aromatic carbocycles. The minimum atomic E-state index is -0.103. The highest BCUT2D eigenvalue weighted by atomic mass is 14.4. The molecular weight excluding hydrogens is 540 g/mol. The van der Waals surface area contributed by atoms with E-state index in [1.165, 1.54) is 77.2 Å². The Morgan fingerprint density at radius 3 is 1.84 bits per heavy atom. The first-order valence-electron chi connectivity index (χ1n) is 16.7. The molecule has 2 aliphatic carbocycles. The summed E-state index contributed by atoms with van der Waals surface area (Å²) in [7, 11) is 0. The number of aryl methyl sites for hydroxylation is 1. The van der Waals surface area contributed by atoms with Crippen LogP contribution in [0.1, 0.15) is 108 Å². The minimum absolute atomic E-state index is 0.0932. The van der Waals surface area contributed by atoms with Crippen LogP contribution >= 0.6 is 0 Å². The smallest absolute Gasteiger partial charge is 0.000195 e. The van der Waals surface area contributed by atoms with Gasteiger partial charge in [-0.25, -0.2) is 0 Å². The number of rotatable bonds is 3. The second kappa shape index (κ2) is 10.9. The lowest BCUT2D eigenvalue weighted by atomic mass is 9.75. The molecule has 1 unspecified atom stereocenters. The van der Waals surface area contributed by atoms with Crippen LogP contribution in [0.5, 0.6) is 0 Å². The van der Waals surface area contributed by atoms with Crippen LogP contribution in [0, 0.1) is 18.3 Å². The number of benzene rings is 4. The van der Waals surface area contributed by atoms with E-state index in [1.54, 1.807) is 0 Å². The molecule has 0 radical (unpaired) electrons. The Labute approximate surface area is 271 Å². The van der Waals surface area contributed by atoms with Gasteiger partial charge in [0.1, 0.15) is 0 Å². The maximum Gasteiger partial charge on any atom is 0.000195 e. The fourth-order valence-corrected chi connectivity index (χ4v) is 7.17. The SMILES string of the molecule is Cc1ccc(C(c2ccccc2)=c2cc3c(c(C4=CC(C(C)(C)C)=CC4C)c2C(C)(C)C)=Cc2cc(C(C)(C)C)ccc2-3)cc1. The normalized spacial score (nSPS) is 16.9. The predicted octanol–water partition coefficient (Wildman–Crippen LogP) is 10.7. The zero-order valence-corrected chi connectivity index (χ0v) is 29.3. The van der Waals surface area contributed by atoms with Gasteiger partial charge in [-0.15, -0.1) is 0 Å². The van der Waals surface area contributed by atoms with Crippen LogP contribution in [0.15, 0.2) is 96.6 Å². The van der Waals surface area contributed by atoms with Crippen molar-refractivity contribution in [3.63, 3.8) is 0 Å². The fourth-order valence-electron chi connectivity index (χ4n) is 7.17. The van der Waals surface area contributed by atoms with Crippen molar-refractivity contribution >= 4 is 17.2 Å². The van der Waals surface area contributed by atoms with Gasteiger partial charge >= 0.3 is 0 Å². The molecule has 0 N–H and O–H groups in total. The van der Waals surface area contributed by atoms with Gasteiger partial charge in [0.2, 0.25) is 0 Å². The molecule has 0 amide bonds. The minimum Gasteiger partial charge on any atom is -0.0735 e. The van der Waals surface area contributed by atoms with Crippen molar-refractivity contribution in [2.75, 3.05) is 0 Å². The van der Waals surface area contributed by atoms with E-state index in [0.717, 1.165) is 0 Å². The summed E-state index contributed by atoms with van der Waals surface area (Å²) in [5, 5.41) is 2.72. The summed E-state index contributed by atoms with van der Waals surface area (Å²) < 4.78 is 0. The monoisotopic (exact) mass is 590 g/mol.